The van der Waals surface area contributed by atoms with Crippen LogP contribution < -0.4 is 21.2 Å². The van der Waals surface area contributed by atoms with Crippen molar-refractivity contribution in [2.45, 2.75) is 34.7 Å². The molecule has 1 aliphatic carbocycles. The summed E-state index contributed by atoms with van der Waals surface area (Å²) in [5.41, 5.74) is 5.16. The Morgan fingerprint density at radius 3 is 2.63 bits per heavy atom. The smallest absolute Gasteiger partial charge is 0.350 e. The van der Waals surface area contributed by atoms with Gasteiger partial charge >= 0.3 is 6.18 Å². The zero-order valence-corrected chi connectivity index (χ0v) is 19.3. The Morgan fingerprint density at radius 1 is 1.14 bits per heavy atom. The van der Waals surface area contributed by atoms with E-state index in [1.165, 1.54) is 17.8 Å². The minimum atomic E-state index is -4.56. The molecule has 2 fully saturated rings. The number of imidazole rings is 1. The van der Waals surface area contributed by atoms with E-state index in [2.05, 4.69) is 36.2 Å². The number of fused-ring (bicyclic) bond motifs is 1. The third-order valence-corrected chi connectivity index (χ3v) is 6.97. The second-order valence-electron chi connectivity index (χ2n) is 8.94. The monoisotopic (exact) mass is 507 g/mol. The van der Waals surface area contributed by atoms with Gasteiger partial charge in [0.25, 0.3) is 0 Å². The number of halogens is 4. The predicted octanol–water partition coefficient (Wildman–Crippen LogP) is 3.63. The molecule has 184 valence electrons. The second kappa shape index (κ2) is 7.88. The number of hydrogen-bond acceptors (Lipinski definition) is 9. The van der Waals surface area contributed by atoms with Gasteiger partial charge in [0.05, 0.1) is 30.3 Å². The fourth-order valence-electron chi connectivity index (χ4n) is 4.19. The number of anilines is 2. The molecular weight excluding hydrogens is 486 g/mol. The maximum atomic E-state index is 15.0. The molecule has 0 amide bonds. The van der Waals surface area contributed by atoms with E-state index >= 15 is 0 Å². The number of benzene rings is 1. The van der Waals surface area contributed by atoms with Crippen LogP contribution in [-0.4, -0.2) is 50.8 Å². The molecule has 4 N–H and O–H groups in total. The summed E-state index contributed by atoms with van der Waals surface area (Å²) in [6.07, 6.45) is -0.912. The molecular formula is C21H21F4N9S. The summed E-state index contributed by atoms with van der Waals surface area (Å²) in [5.74, 6) is 0.828. The minimum absolute atomic E-state index is 0.129. The van der Waals surface area contributed by atoms with Gasteiger partial charge < -0.3 is 15.2 Å². The molecule has 1 saturated heterocycles. The summed E-state index contributed by atoms with van der Waals surface area (Å²) in [6.45, 7) is 0.563. The molecule has 2 aliphatic heterocycles. The first-order chi connectivity index (χ1) is 16.6. The summed E-state index contributed by atoms with van der Waals surface area (Å²) in [7, 11) is 1.82. The maximum absolute atomic E-state index is 15.0. The first-order valence-corrected chi connectivity index (χ1v) is 11.8. The molecule has 3 aliphatic rings. The van der Waals surface area contributed by atoms with E-state index in [0.717, 1.165) is 12.8 Å². The first kappa shape index (κ1) is 22.2. The summed E-state index contributed by atoms with van der Waals surface area (Å²) in [4.78, 5) is 17.6. The standard InChI is InChI=1S/C21H21F4N9S/c1-33-8-16(31-32-33)28-15-7-17(34-9-20(22,10-34)11-2-3-11)30-19(29-15)35-12-4-5-13-14(6-12)27-18(26-13)21(23,24)25/h4-8,11,31-32H,2-3,9-10H2,1H3,(H,26,27)(H,28,29,30). The van der Waals surface area contributed by atoms with Crippen molar-refractivity contribution in [1.82, 2.24) is 35.9 Å². The number of hydrogen-bond donors (Lipinski definition) is 4. The molecule has 14 heteroatoms. The number of alkyl halides is 4. The van der Waals surface area contributed by atoms with Crippen molar-refractivity contribution < 1.29 is 17.6 Å². The SMILES string of the molecule is CN1C=C(Nc2cc(N3CC(F)(C4CC4)C3)nc(Sc3ccc4nc(C(F)(F)F)[nH]c4c3)n2)NN1. The molecule has 4 heterocycles. The number of H-pyrrole nitrogens is 1. The normalized spacial score (nSPS) is 19.5. The Bertz CT molecular complexity index is 1310. The zero-order valence-electron chi connectivity index (χ0n) is 18.4. The predicted molar refractivity (Wildman–Crippen MR) is 122 cm³/mol. The summed E-state index contributed by atoms with van der Waals surface area (Å²) in [6, 6.07) is 6.52. The number of hydrazine groups is 2. The summed E-state index contributed by atoms with van der Waals surface area (Å²) >= 11 is 1.20. The van der Waals surface area contributed by atoms with E-state index in [-0.39, 0.29) is 30.0 Å². The quantitative estimate of drug-likeness (QED) is 0.295. The molecule has 9 nitrogen and oxygen atoms in total. The van der Waals surface area contributed by atoms with Crippen LogP contribution in [0, 0.1) is 5.92 Å². The van der Waals surface area contributed by atoms with Gasteiger partial charge in [0, 0.05) is 18.0 Å². The lowest BCUT2D eigenvalue weighted by Crippen LogP contribution is -2.60. The Kier molecular flexibility index (Phi) is 5.00. The van der Waals surface area contributed by atoms with Crippen molar-refractivity contribution in [3.8, 4) is 0 Å². The minimum Gasteiger partial charge on any atom is -0.350 e. The largest absolute Gasteiger partial charge is 0.449 e. The van der Waals surface area contributed by atoms with Crippen LogP contribution in [0.15, 0.2) is 46.3 Å². The highest BCUT2D eigenvalue weighted by atomic mass is 32.2. The second-order valence-corrected chi connectivity index (χ2v) is 9.98. The van der Waals surface area contributed by atoms with Gasteiger partial charge in [0.2, 0.25) is 5.82 Å². The molecule has 0 bridgehead atoms. The van der Waals surface area contributed by atoms with Gasteiger partial charge in [-0.2, -0.15) is 13.2 Å². The van der Waals surface area contributed by atoms with Gasteiger partial charge in [-0.05, 0) is 48.7 Å². The van der Waals surface area contributed by atoms with Gasteiger partial charge in [-0.15, -0.1) is 5.53 Å². The Labute approximate surface area is 201 Å². The molecule has 1 saturated carbocycles. The van der Waals surface area contributed by atoms with Gasteiger partial charge in [-0.1, -0.05) is 0 Å². The summed E-state index contributed by atoms with van der Waals surface area (Å²) < 4.78 is 54.0. The van der Waals surface area contributed by atoms with Gasteiger partial charge in [-0.3, -0.25) is 10.4 Å². The molecule has 1 aromatic carbocycles. The molecule has 3 aromatic rings. The topological polar surface area (TPSA) is 97.0 Å². The van der Waals surface area contributed by atoms with Gasteiger partial charge in [0.15, 0.2) is 5.16 Å². The molecule has 0 atom stereocenters. The Balaban J connectivity index is 1.28. The molecule has 2 aromatic heterocycles. The van der Waals surface area contributed by atoms with Crippen molar-refractivity contribution in [3.05, 3.63) is 42.1 Å². The van der Waals surface area contributed by atoms with E-state index < -0.39 is 17.7 Å². The lowest BCUT2D eigenvalue weighted by molar-refractivity contribution is -0.144. The van der Waals surface area contributed by atoms with Crippen LogP contribution in [0.1, 0.15) is 18.7 Å². The fraction of sp³-hybridized carbons (Fsp3) is 0.381. The van der Waals surface area contributed by atoms with Crippen LogP contribution in [-0.2, 0) is 6.18 Å². The zero-order chi connectivity index (χ0) is 24.4. The Hall–Kier alpha value is -3.26. The van der Waals surface area contributed by atoms with Crippen molar-refractivity contribution in [1.29, 1.82) is 0 Å². The number of aromatic nitrogens is 4. The lowest BCUT2D eigenvalue weighted by atomic mass is 9.91. The van der Waals surface area contributed by atoms with Gasteiger partial charge in [0.1, 0.15) is 23.1 Å². The third kappa shape index (κ3) is 4.43. The highest BCUT2D eigenvalue weighted by Gasteiger charge is 2.54. The number of nitrogens with one attached hydrogen (secondary N) is 4. The first-order valence-electron chi connectivity index (χ1n) is 11.0. The van der Waals surface area contributed by atoms with Crippen molar-refractivity contribution >= 4 is 34.4 Å². The van der Waals surface area contributed by atoms with Crippen molar-refractivity contribution in [2.24, 2.45) is 5.92 Å². The van der Waals surface area contributed by atoms with E-state index in [0.29, 0.717) is 27.5 Å². The van der Waals surface area contributed by atoms with E-state index in [1.807, 2.05) is 11.9 Å². The van der Waals surface area contributed by atoms with Gasteiger partial charge in [-0.25, -0.2) is 19.3 Å². The number of aromatic amines is 1. The van der Waals surface area contributed by atoms with Crippen LogP contribution >= 0.6 is 11.8 Å². The average molecular weight is 508 g/mol. The van der Waals surface area contributed by atoms with Crippen LogP contribution in [0.5, 0.6) is 0 Å². The van der Waals surface area contributed by atoms with Crippen LogP contribution in [0.2, 0.25) is 0 Å². The van der Waals surface area contributed by atoms with Crippen molar-refractivity contribution in [3.63, 3.8) is 0 Å². The number of rotatable bonds is 6. The van der Waals surface area contributed by atoms with E-state index in [4.69, 9.17) is 0 Å². The molecule has 6 rings (SSSR count). The molecule has 0 radical (unpaired) electrons. The number of nitrogens with zero attached hydrogens (tertiary/aromatic N) is 5. The van der Waals surface area contributed by atoms with Crippen LogP contribution in [0.25, 0.3) is 11.0 Å². The summed E-state index contributed by atoms with van der Waals surface area (Å²) in [5, 5.41) is 5.26. The van der Waals surface area contributed by atoms with E-state index in [1.54, 1.807) is 29.4 Å². The Morgan fingerprint density at radius 2 is 1.94 bits per heavy atom. The van der Waals surface area contributed by atoms with Crippen LogP contribution in [0.3, 0.4) is 0 Å². The highest BCUT2D eigenvalue weighted by molar-refractivity contribution is 7.99. The fourth-order valence-corrected chi connectivity index (χ4v) is 5.00. The highest BCUT2D eigenvalue weighted by Crippen LogP contribution is 2.48. The average Bonchev–Trinajstić information content (AvgIpc) is 3.41. The van der Waals surface area contributed by atoms with E-state index in [9.17, 15) is 17.6 Å². The lowest BCUT2D eigenvalue weighted by Gasteiger charge is -2.45. The van der Waals surface area contributed by atoms with Crippen LogP contribution in [0.4, 0.5) is 29.2 Å². The molecule has 35 heavy (non-hydrogen) atoms. The van der Waals surface area contributed by atoms with Crippen molar-refractivity contribution in [2.75, 3.05) is 30.4 Å². The molecule has 0 spiro atoms. The molecule has 0 unspecified atom stereocenters. The third-order valence-electron chi connectivity index (χ3n) is 6.12. The maximum Gasteiger partial charge on any atom is 0.449 e.